The molecule has 0 aromatic rings. The molecule has 2 aliphatic rings. The highest BCUT2D eigenvalue weighted by Crippen LogP contribution is 2.33. The fourth-order valence-electron chi connectivity index (χ4n) is 4.40. The van der Waals surface area contributed by atoms with Gasteiger partial charge in [-0.1, -0.05) is 33.1 Å². The normalized spacial score (nSPS) is 35.8. The molecule has 1 heterocycles. The van der Waals surface area contributed by atoms with Crippen LogP contribution in [0.1, 0.15) is 65.2 Å². The minimum atomic E-state index is 0.665. The standard InChI is InChI=1S/C17H34N2/c1-3-15-7-5-10-19(11-9-15)17(13-18)16-8-4-6-14(2)12-16/h14-17H,3-13,18H2,1-2H3. The first kappa shape index (κ1) is 15.3. The van der Waals surface area contributed by atoms with Gasteiger partial charge in [0.2, 0.25) is 0 Å². The minimum Gasteiger partial charge on any atom is -0.329 e. The molecule has 4 atom stereocenters. The van der Waals surface area contributed by atoms with Crippen molar-refractivity contribution in [1.82, 2.24) is 4.90 Å². The number of nitrogens with zero attached hydrogens (tertiary/aromatic N) is 1. The van der Waals surface area contributed by atoms with E-state index >= 15 is 0 Å². The quantitative estimate of drug-likeness (QED) is 0.841. The Kier molecular flexibility index (Phi) is 6.15. The molecule has 2 fully saturated rings. The monoisotopic (exact) mass is 266 g/mol. The van der Waals surface area contributed by atoms with Crippen molar-refractivity contribution in [2.24, 2.45) is 23.5 Å². The largest absolute Gasteiger partial charge is 0.329 e. The van der Waals surface area contributed by atoms with Crippen molar-refractivity contribution >= 4 is 0 Å². The highest BCUT2D eigenvalue weighted by atomic mass is 15.2. The predicted molar refractivity (Wildman–Crippen MR) is 83.2 cm³/mol. The van der Waals surface area contributed by atoms with Gasteiger partial charge in [0, 0.05) is 12.6 Å². The maximum atomic E-state index is 6.16. The number of hydrogen-bond donors (Lipinski definition) is 1. The molecule has 1 aliphatic heterocycles. The van der Waals surface area contributed by atoms with Crippen LogP contribution in [-0.4, -0.2) is 30.6 Å². The first-order chi connectivity index (χ1) is 9.24. The third-order valence-corrected chi connectivity index (χ3v) is 5.69. The van der Waals surface area contributed by atoms with Crippen molar-refractivity contribution in [3.05, 3.63) is 0 Å². The number of likely N-dealkylation sites (tertiary alicyclic amines) is 1. The minimum absolute atomic E-state index is 0.665. The summed E-state index contributed by atoms with van der Waals surface area (Å²) in [6.45, 7) is 8.24. The van der Waals surface area contributed by atoms with Gasteiger partial charge < -0.3 is 5.73 Å². The zero-order valence-electron chi connectivity index (χ0n) is 13.1. The molecule has 0 radical (unpaired) electrons. The van der Waals surface area contributed by atoms with Gasteiger partial charge in [0.25, 0.3) is 0 Å². The van der Waals surface area contributed by atoms with Crippen LogP contribution in [0.25, 0.3) is 0 Å². The van der Waals surface area contributed by atoms with E-state index in [2.05, 4.69) is 18.7 Å². The van der Waals surface area contributed by atoms with Gasteiger partial charge in [-0.3, -0.25) is 4.90 Å². The lowest BCUT2D eigenvalue weighted by Crippen LogP contribution is -2.47. The number of hydrogen-bond acceptors (Lipinski definition) is 2. The Labute approximate surface area is 120 Å². The van der Waals surface area contributed by atoms with E-state index in [1.165, 1.54) is 64.5 Å². The maximum absolute atomic E-state index is 6.16. The summed E-state index contributed by atoms with van der Waals surface area (Å²) in [4.78, 5) is 2.75. The lowest BCUT2D eigenvalue weighted by Gasteiger charge is -2.39. The first-order valence-electron chi connectivity index (χ1n) is 8.68. The fourth-order valence-corrected chi connectivity index (χ4v) is 4.40. The van der Waals surface area contributed by atoms with Crippen molar-refractivity contribution in [2.45, 2.75) is 71.3 Å². The summed E-state index contributed by atoms with van der Waals surface area (Å²) < 4.78 is 0. The van der Waals surface area contributed by atoms with Crippen molar-refractivity contribution in [2.75, 3.05) is 19.6 Å². The van der Waals surface area contributed by atoms with Crippen LogP contribution in [0.3, 0.4) is 0 Å². The second-order valence-electron chi connectivity index (χ2n) is 7.08. The Morgan fingerprint density at radius 3 is 2.63 bits per heavy atom. The van der Waals surface area contributed by atoms with Crippen LogP contribution < -0.4 is 5.73 Å². The van der Waals surface area contributed by atoms with Crippen LogP contribution in [0, 0.1) is 17.8 Å². The molecule has 2 N–H and O–H groups in total. The Hall–Kier alpha value is -0.0800. The average Bonchev–Trinajstić information content (AvgIpc) is 2.65. The summed E-state index contributed by atoms with van der Waals surface area (Å²) in [6.07, 6.45) is 11.3. The number of nitrogens with two attached hydrogens (primary N) is 1. The first-order valence-corrected chi connectivity index (χ1v) is 8.68. The molecule has 0 bridgehead atoms. The van der Waals surface area contributed by atoms with E-state index in [0.29, 0.717) is 6.04 Å². The van der Waals surface area contributed by atoms with Gasteiger partial charge in [-0.2, -0.15) is 0 Å². The van der Waals surface area contributed by atoms with Gasteiger partial charge in [-0.25, -0.2) is 0 Å². The number of rotatable bonds is 4. The second-order valence-corrected chi connectivity index (χ2v) is 7.08. The van der Waals surface area contributed by atoms with Gasteiger partial charge >= 0.3 is 0 Å². The molecule has 0 aromatic heterocycles. The Bertz CT molecular complexity index is 254. The summed E-state index contributed by atoms with van der Waals surface area (Å²) >= 11 is 0. The average molecular weight is 266 g/mol. The topological polar surface area (TPSA) is 29.3 Å². The molecular formula is C17H34N2. The molecule has 1 saturated carbocycles. The van der Waals surface area contributed by atoms with Gasteiger partial charge in [0.05, 0.1) is 0 Å². The lowest BCUT2D eigenvalue weighted by atomic mass is 9.78. The molecule has 2 nitrogen and oxygen atoms in total. The third-order valence-electron chi connectivity index (χ3n) is 5.69. The molecule has 2 rings (SSSR count). The van der Waals surface area contributed by atoms with Crippen LogP contribution in [0.5, 0.6) is 0 Å². The summed E-state index contributed by atoms with van der Waals surface area (Å²) in [6, 6.07) is 0.665. The van der Waals surface area contributed by atoms with E-state index in [1.807, 2.05) is 0 Å². The van der Waals surface area contributed by atoms with Gasteiger partial charge in [0.15, 0.2) is 0 Å². The molecule has 19 heavy (non-hydrogen) atoms. The van der Waals surface area contributed by atoms with E-state index in [0.717, 1.165) is 24.3 Å². The highest BCUT2D eigenvalue weighted by molar-refractivity contribution is 4.85. The van der Waals surface area contributed by atoms with Crippen LogP contribution in [0.2, 0.25) is 0 Å². The SMILES string of the molecule is CCC1CCCN(C(CN)C2CCCC(C)C2)CC1. The van der Waals surface area contributed by atoms with Crippen LogP contribution >= 0.6 is 0 Å². The van der Waals surface area contributed by atoms with Crippen LogP contribution in [0.15, 0.2) is 0 Å². The fraction of sp³-hybridized carbons (Fsp3) is 1.00. The summed E-state index contributed by atoms with van der Waals surface area (Å²) in [5, 5.41) is 0. The van der Waals surface area contributed by atoms with Gasteiger partial charge in [-0.15, -0.1) is 0 Å². The van der Waals surface area contributed by atoms with Gasteiger partial charge in [-0.05, 0) is 62.9 Å². The molecule has 2 heteroatoms. The molecule has 0 spiro atoms. The highest BCUT2D eigenvalue weighted by Gasteiger charge is 2.30. The smallest absolute Gasteiger partial charge is 0.0246 e. The molecule has 1 aliphatic carbocycles. The van der Waals surface area contributed by atoms with Gasteiger partial charge in [0.1, 0.15) is 0 Å². The van der Waals surface area contributed by atoms with E-state index in [4.69, 9.17) is 5.73 Å². The second kappa shape index (κ2) is 7.64. The molecule has 0 amide bonds. The zero-order chi connectivity index (χ0) is 13.7. The Morgan fingerprint density at radius 2 is 1.95 bits per heavy atom. The van der Waals surface area contributed by atoms with Crippen molar-refractivity contribution in [1.29, 1.82) is 0 Å². The van der Waals surface area contributed by atoms with E-state index < -0.39 is 0 Å². The predicted octanol–water partition coefficient (Wildman–Crippen LogP) is 3.65. The summed E-state index contributed by atoms with van der Waals surface area (Å²) in [5.41, 5.74) is 6.16. The maximum Gasteiger partial charge on any atom is 0.0246 e. The molecule has 4 unspecified atom stereocenters. The zero-order valence-corrected chi connectivity index (χ0v) is 13.1. The Balaban J connectivity index is 1.92. The summed E-state index contributed by atoms with van der Waals surface area (Å²) in [5.74, 6) is 2.75. The molecule has 0 aromatic carbocycles. The summed E-state index contributed by atoms with van der Waals surface area (Å²) in [7, 11) is 0. The molecular weight excluding hydrogens is 232 g/mol. The van der Waals surface area contributed by atoms with E-state index in [-0.39, 0.29) is 0 Å². The lowest BCUT2D eigenvalue weighted by molar-refractivity contribution is 0.110. The van der Waals surface area contributed by atoms with Crippen molar-refractivity contribution in [3.63, 3.8) is 0 Å². The molecule has 1 saturated heterocycles. The van der Waals surface area contributed by atoms with Crippen molar-refractivity contribution < 1.29 is 0 Å². The van der Waals surface area contributed by atoms with Crippen LogP contribution in [-0.2, 0) is 0 Å². The van der Waals surface area contributed by atoms with E-state index in [9.17, 15) is 0 Å². The van der Waals surface area contributed by atoms with E-state index in [1.54, 1.807) is 0 Å². The Morgan fingerprint density at radius 1 is 1.11 bits per heavy atom. The van der Waals surface area contributed by atoms with Crippen molar-refractivity contribution in [3.8, 4) is 0 Å². The van der Waals surface area contributed by atoms with Crippen LogP contribution in [0.4, 0.5) is 0 Å². The molecule has 112 valence electrons. The third kappa shape index (κ3) is 4.19.